The fraction of sp³-hybridized carbons (Fsp3) is 0.217. The summed E-state index contributed by atoms with van der Waals surface area (Å²) in [6, 6.07) is 16.7. The number of hydrogen-bond acceptors (Lipinski definition) is 6. The zero-order valence-corrected chi connectivity index (χ0v) is 17.2. The number of nitrogen functional groups attached to an aromatic ring is 1. The van der Waals surface area contributed by atoms with E-state index in [4.69, 9.17) is 16.9 Å². The summed E-state index contributed by atoms with van der Waals surface area (Å²) in [5.41, 5.74) is 8.00. The van der Waals surface area contributed by atoms with Crippen LogP contribution in [0.25, 0.3) is 22.3 Å². The standard InChI is InChI=1S/C23H22N6O3/c24-21-19-20(15-8-10-18(11-9-15)32-17-6-2-1-3-7-17)27-29(22(19)26-14-25-21)16-5-4-12-28(13-16)23(30)31/h1-3,6-11,14,16H,4-5,12-13H2,(H,30,31)(H2,24,25,26)/i14D. The van der Waals surface area contributed by atoms with Crippen LogP contribution in [-0.2, 0) is 0 Å². The fourth-order valence-electron chi connectivity index (χ4n) is 4.04. The Morgan fingerprint density at radius 3 is 2.62 bits per heavy atom. The minimum Gasteiger partial charge on any atom is -0.465 e. The first-order valence-electron chi connectivity index (χ1n) is 10.8. The molecule has 0 aliphatic carbocycles. The van der Waals surface area contributed by atoms with Crippen molar-refractivity contribution in [3.05, 3.63) is 60.9 Å². The van der Waals surface area contributed by atoms with Gasteiger partial charge >= 0.3 is 6.09 Å². The van der Waals surface area contributed by atoms with Crippen LogP contribution in [0.3, 0.4) is 0 Å². The second-order valence-electron chi connectivity index (χ2n) is 7.66. The predicted molar refractivity (Wildman–Crippen MR) is 120 cm³/mol. The maximum atomic E-state index is 11.5. The van der Waals surface area contributed by atoms with Gasteiger partial charge in [-0.05, 0) is 49.2 Å². The number of carboxylic acid groups (broad SMARTS) is 1. The molecule has 0 radical (unpaired) electrons. The number of rotatable bonds is 4. The third-order valence-corrected chi connectivity index (χ3v) is 5.59. The number of nitrogens with two attached hydrogens (primary N) is 1. The molecule has 2 aromatic heterocycles. The van der Waals surface area contributed by atoms with Gasteiger partial charge in [0, 0.05) is 18.7 Å². The van der Waals surface area contributed by atoms with Gasteiger partial charge in [-0.2, -0.15) is 5.10 Å². The Morgan fingerprint density at radius 1 is 1.12 bits per heavy atom. The second-order valence-corrected chi connectivity index (χ2v) is 7.66. The van der Waals surface area contributed by atoms with Gasteiger partial charge in [-0.25, -0.2) is 19.4 Å². The molecule has 1 aliphatic heterocycles. The highest BCUT2D eigenvalue weighted by atomic mass is 16.5. The van der Waals surface area contributed by atoms with Crippen LogP contribution < -0.4 is 10.5 Å². The predicted octanol–water partition coefficient (Wildman–Crippen LogP) is 4.18. The first-order chi connectivity index (χ1) is 16.0. The first kappa shape index (κ1) is 18.6. The van der Waals surface area contributed by atoms with E-state index < -0.39 is 6.09 Å². The Labute approximate surface area is 185 Å². The van der Waals surface area contributed by atoms with Crippen LogP contribution in [0.4, 0.5) is 10.6 Å². The number of aromatic nitrogens is 4. The van der Waals surface area contributed by atoms with E-state index >= 15 is 0 Å². The van der Waals surface area contributed by atoms with E-state index in [1.807, 2.05) is 54.6 Å². The summed E-state index contributed by atoms with van der Waals surface area (Å²) in [6.07, 6.45) is 0.306. The minimum absolute atomic E-state index is 0.168. The van der Waals surface area contributed by atoms with Crippen molar-refractivity contribution >= 4 is 22.9 Å². The van der Waals surface area contributed by atoms with Gasteiger partial charge in [-0.1, -0.05) is 18.2 Å². The van der Waals surface area contributed by atoms with Crippen molar-refractivity contribution in [2.24, 2.45) is 0 Å². The highest BCUT2D eigenvalue weighted by Gasteiger charge is 2.28. The molecule has 1 aliphatic rings. The maximum Gasteiger partial charge on any atom is 0.407 e. The Balaban J connectivity index is 1.54. The van der Waals surface area contributed by atoms with Crippen LogP contribution >= 0.6 is 0 Å². The molecular formula is C23H22N6O3. The lowest BCUT2D eigenvalue weighted by atomic mass is 10.1. The molecule has 1 saturated heterocycles. The molecule has 3 N–H and O–H groups in total. The second kappa shape index (κ2) is 8.18. The van der Waals surface area contributed by atoms with E-state index in [0.29, 0.717) is 42.0 Å². The fourth-order valence-corrected chi connectivity index (χ4v) is 4.04. The van der Waals surface area contributed by atoms with E-state index in [9.17, 15) is 9.90 Å². The highest BCUT2D eigenvalue weighted by molar-refractivity contribution is 5.98. The Morgan fingerprint density at radius 2 is 1.88 bits per heavy atom. The van der Waals surface area contributed by atoms with E-state index in [2.05, 4.69) is 9.97 Å². The molecule has 1 amide bonds. The van der Waals surface area contributed by atoms with Crippen molar-refractivity contribution in [3.63, 3.8) is 0 Å². The molecule has 0 spiro atoms. The summed E-state index contributed by atoms with van der Waals surface area (Å²) in [7, 11) is 0. The normalized spacial score (nSPS) is 16.7. The van der Waals surface area contributed by atoms with Gasteiger partial charge in [0.05, 0.1) is 11.4 Å². The zero-order valence-electron chi connectivity index (χ0n) is 18.2. The van der Waals surface area contributed by atoms with Crippen LogP contribution in [-0.4, -0.2) is 48.9 Å². The van der Waals surface area contributed by atoms with Crippen molar-refractivity contribution in [3.8, 4) is 22.8 Å². The average molecular weight is 431 g/mol. The molecule has 4 aromatic rings. The number of hydrogen-bond donors (Lipinski definition) is 2. The summed E-state index contributed by atoms with van der Waals surface area (Å²) in [5.74, 6) is 1.58. The van der Waals surface area contributed by atoms with Crippen molar-refractivity contribution < 1.29 is 16.0 Å². The quantitative estimate of drug-likeness (QED) is 0.497. The number of amides is 1. The largest absolute Gasteiger partial charge is 0.465 e. The van der Waals surface area contributed by atoms with Crippen LogP contribution in [0.5, 0.6) is 11.5 Å². The topological polar surface area (TPSA) is 119 Å². The Bertz CT molecular complexity index is 1310. The molecule has 0 bridgehead atoms. The molecule has 1 unspecified atom stereocenters. The zero-order chi connectivity index (χ0) is 22.9. The van der Waals surface area contributed by atoms with Crippen molar-refractivity contribution in [1.29, 1.82) is 0 Å². The summed E-state index contributed by atoms with van der Waals surface area (Å²) in [6.45, 7) is 0.786. The monoisotopic (exact) mass is 431 g/mol. The number of anilines is 1. The Kier molecular flexibility index (Phi) is 4.76. The number of para-hydroxylation sites is 1. The SMILES string of the molecule is [2H]c1nc(N)c2c(-c3ccc(Oc4ccccc4)cc3)nn(C3CCCN(C(=O)O)C3)c2n1. The van der Waals surface area contributed by atoms with Gasteiger partial charge in [0.1, 0.15) is 30.7 Å². The molecule has 3 heterocycles. The highest BCUT2D eigenvalue weighted by Crippen LogP contribution is 2.34. The number of piperidine rings is 1. The van der Waals surface area contributed by atoms with E-state index in [1.165, 1.54) is 4.90 Å². The van der Waals surface area contributed by atoms with Gasteiger partial charge in [0.15, 0.2) is 5.65 Å². The van der Waals surface area contributed by atoms with Gasteiger partial charge in [-0.3, -0.25) is 0 Å². The summed E-state index contributed by atoms with van der Waals surface area (Å²) >= 11 is 0. The number of benzene rings is 2. The molecule has 162 valence electrons. The number of likely N-dealkylation sites (tertiary alicyclic amines) is 1. The lowest BCUT2D eigenvalue weighted by molar-refractivity contribution is 0.120. The third kappa shape index (κ3) is 3.68. The smallest absolute Gasteiger partial charge is 0.407 e. The summed E-state index contributed by atoms with van der Waals surface area (Å²) in [4.78, 5) is 21.2. The molecule has 2 aromatic carbocycles. The molecule has 9 nitrogen and oxygen atoms in total. The van der Waals surface area contributed by atoms with Crippen LogP contribution in [0.1, 0.15) is 20.3 Å². The first-order valence-corrected chi connectivity index (χ1v) is 10.3. The van der Waals surface area contributed by atoms with Gasteiger partial charge in [0.2, 0.25) is 0 Å². The molecular weight excluding hydrogens is 408 g/mol. The van der Waals surface area contributed by atoms with E-state index in [-0.39, 0.29) is 18.2 Å². The van der Waals surface area contributed by atoms with Crippen molar-refractivity contribution in [2.75, 3.05) is 18.8 Å². The van der Waals surface area contributed by atoms with Gasteiger partial charge < -0.3 is 20.5 Å². The molecule has 5 rings (SSSR count). The number of carbonyl (C=O) groups is 1. The number of fused-ring (bicyclic) bond motifs is 1. The molecule has 1 fully saturated rings. The summed E-state index contributed by atoms with van der Waals surface area (Å²) < 4.78 is 15.5. The van der Waals surface area contributed by atoms with Crippen molar-refractivity contribution in [2.45, 2.75) is 18.9 Å². The summed E-state index contributed by atoms with van der Waals surface area (Å²) in [5, 5.41) is 14.8. The van der Waals surface area contributed by atoms with Crippen LogP contribution in [0.15, 0.2) is 60.9 Å². The maximum absolute atomic E-state index is 11.5. The Hall–Kier alpha value is -4.14. The average Bonchev–Trinajstić information content (AvgIpc) is 3.20. The molecule has 1 atom stereocenters. The number of nitrogens with zero attached hydrogens (tertiary/aromatic N) is 5. The number of ether oxygens (including phenoxy) is 1. The minimum atomic E-state index is -0.958. The lowest BCUT2D eigenvalue weighted by Crippen LogP contribution is -2.40. The molecule has 32 heavy (non-hydrogen) atoms. The molecule has 9 heteroatoms. The lowest BCUT2D eigenvalue weighted by Gasteiger charge is -2.30. The van der Waals surface area contributed by atoms with Gasteiger partial charge in [-0.15, -0.1) is 0 Å². The van der Waals surface area contributed by atoms with Gasteiger partial charge in [0.25, 0.3) is 0 Å². The van der Waals surface area contributed by atoms with Crippen molar-refractivity contribution in [1.82, 2.24) is 24.6 Å². The van der Waals surface area contributed by atoms with E-state index in [0.717, 1.165) is 17.7 Å². The molecule has 0 saturated carbocycles. The third-order valence-electron chi connectivity index (χ3n) is 5.59. The van der Waals surface area contributed by atoms with E-state index in [1.54, 1.807) is 4.68 Å². The van der Waals surface area contributed by atoms with Crippen LogP contribution in [0.2, 0.25) is 0 Å². The van der Waals surface area contributed by atoms with Crippen LogP contribution in [0, 0.1) is 0 Å².